The minimum Gasteiger partial charge on any atom is -0.435 e. The number of aromatic nitrogens is 1. The third kappa shape index (κ3) is 2.31. The van der Waals surface area contributed by atoms with E-state index >= 15 is 0 Å². The Morgan fingerprint density at radius 2 is 2.33 bits per heavy atom. The number of nitrogens with one attached hydrogen (secondary N) is 1. The Morgan fingerprint density at radius 3 is 2.92 bits per heavy atom. The third-order valence-electron chi connectivity index (χ3n) is 1.10. The molecule has 1 rings (SSSR count). The van der Waals surface area contributed by atoms with Crippen molar-refractivity contribution in [1.82, 2.24) is 4.98 Å². The number of rotatable bonds is 3. The van der Waals surface area contributed by atoms with Gasteiger partial charge in [-0.05, 0) is 6.07 Å². The lowest BCUT2D eigenvalue weighted by molar-refractivity contribution is -0.0498. The molecule has 4 nitrogen and oxygen atoms in total. The fraction of sp³-hybridized carbons (Fsp3) is 0.167. The van der Waals surface area contributed by atoms with Gasteiger partial charge in [-0.2, -0.15) is 8.78 Å². The first kappa shape index (κ1) is 8.66. The molecule has 0 unspecified atom stereocenters. The summed E-state index contributed by atoms with van der Waals surface area (Å²) in [5, 5.41) is 0. The van der Waals surface area contributed by atoms with Crippen LogP contribution in [0.2, 0.25) is 0 Å². The van der Waals surface area contributed by atoms with Gasteiger partial charge in [0.25, 0.3) is 0 Å². The first-order valence-electron chi connectivity index (χ1n) is 3.10. The Kier molecular flexibility index (Phi) is 2.76. The molecule has 12 heavy (non-hydrogen) atoms. The third-order valence-corrected chi connectivity index (χ3v) is 1.10. The molecule has 0 aliphatic rings. The monoisotopic (exact) mass is 175 g/mol. The number of alkyl halides is 2. The summed E-state index contributed by atoms with van der Waals surface area (Å²) >= 11 is 0. The standard InChI is InChI=1S/C6H7F2N3O/c7-6(8)12-4-1-2-10-5(3-4)11-9/h1-3,6H,9H2,(H,10,11). The molecule has 6 heteroatoms. The Labute approximate surface area is 67.3 Å². The number of nitrogens with zero attached hydrogens (tertiary/aromatic N) is 1. The number of nitrogens with two attached hydrogens (primary N) is 1. The quantitative estimate of drug-likeness (QED) is 0.530. The maximum absolute atomic E-state index is 11.7. The highest BCUT2D eigenvalue weighted by Crippen LogP contribution is 2.15. The average molecular weight is 175 g/mol. The van der Waals surface area contributed by atoms with Gasteiger partial charge in [-0.15, -0.1) is 0 Å². The molecule has 0 aromatic carbocycles. The minimum atomic E-state index is -2.84. The van der Waals surface area contributed by atoms with Gasteiger partial charge in [-0.25, -0.2) is 10.8 Å². The molecule has 0 amide bonds. The highest BCUT2D eigenvalue weighted by atomic mass is 19.3. The van der Waals surface area contributed by atoms with Crippen molar-refractivity contribution in [1.29, 1.82) is 0 Å². The number of hydrogen-bond donors (Lipinski definition) is 2. The molecular formula is C6H7F2N3O. The summed E-state index contributed by atoms with van der Waals surface area (Å²) in [7, 11) is 0. The first-order chi connectivity index (χ1) is 5.72. The molecule has 0 atom stereocenters. The molecule has 0 spiro atoms. The number of halogens is 2. The van der Waals surface area contributed by atoms with Gasteiger partial charge in [-0.3, -0.25) is 0 Å². The topological polar surface area (TPSA) is 60.2 Å². The number of pyridine rings is 1. The number of hydrazine groups is 1. The first-order valence-corrected chi connectivity index (χ1v) is 3.10. The Bertz CT molecular complexity index is 256. The highest BCUT2D eigenvalue weighted by molar-refractivity contribution is 5.39. The van der Waals surface area contributed by atoms with Crippen LogP contribution in [-0.4, -0.2) is 11.6 Å². The second-order valence-electron chi connectivity index (χ2n) is 1.90. The highest BCUT2D eigenvalue weighted by Gasteiger charge is 2.03. The summed E-state index contributed by atoms with van der Waals surface area (Å²) in [6.07, 6.45) is 1.31. The molecule has 0 bridgehead atoms. The minimum absolute atomic E-state index is 0.0213. The molecule has 1 heterocycles. The van der Waals surface area contributed by atoms with Crippen LogP contribution < -0.4 is 16.0 Å². The zero-order chi connectivity index (χ0) is 8.97. The second kappa shape index (κ2) is 3.82. The molecule has 1 aromatic heterocycles. The molecule has 0 saturated heterocycles. The summed E-state index contributed by atoms with van der Waals surface area (Å²) < 4.78 is 27.4. The van der Waals surface area contributed by atoms with Crippen LogP contribution in [0.5, 0.6) is 5.75 Å². The molecule has 3 N–H and O–H groups in total. The van der Waals surface area contributed by atoms with Gasteiger partial charge in [0.1, 0.15) is 11.6 Å². The van der Waals surface area contributed by atoms with Gasteiger partial charge in [0.2, 0.25) is 0 Å². The number of anilines is 1. The second-order valence-corrected chi connectivity index (χ2v) is 1.90. The summed E-state index contributed by atoms with van der Waals surface area (Å²) in [5.74, 6) is 5.29. The van der Waals surface area contributed by atoms with E-state index in [0.29, 0.717) is 0 Å². The molecular weight excluding hydrogens is 168 g/mol. The zero-order valence-corrected chi connectivity index (χ0v) is 6.00. The Balaban J connectivity index is 2.72. The predicted octanol–water partition coefficient (Wildman–Crippen LogP) is 0.969. The van der Waals surface area contributed by atoms with E-state index in [1.165, 1.54) is 18.3 Å². The maximum Gasteiger partial charge on any atom is 0.387 e. The van der Waals surface area contributed by atoms with E-state index < -0.39 is 6.61 Å². The maximum atomic E-state index is 11.7. The van der Waals surface area contributed by atoms with Gasteiger partial charge in [0.05, 0.1) is 0 Å². The van der Waals surface area contributed by atoms with Crippen LogP contribution in [0, 0.1) is 0 Å². The Hall–Kier alpha value is -1.43. The normalized spacial score (nSPS) is 10.0. The molecule has 0 saturated carbocycles. The molecule has 0 radical (unpaired) electrons. The van der Waals surface area contributed by atoms with Gasteiger partial charge in [0.15, 0.2) is 0 Å². The number of nitrogen functional groups attached to an aromatic ring is 1. The van der Waals surface area contributed by atoms with Crippen molar-refractivity contribution in [2.45, 2.75) is 6.61 Å². The van der Waals surface area contributed by atoms with Crippen molar-refractivity contribution < 1.29 is 13.5 Å². The molecule has 1 aromatic rings. The average Bonchev–Trinajstić information content (AvgIpc) is 2.03. The van der Waals surface area contributed by atoms with E-state index in [1.54, 1.807) is 0 Å². The van der Waals surface area contributed by atoms with E-state index in [1.807, 2.05) is 0 Å². The van der Waals surface area contributed by atoms with Crippen LogP contribution in [0.25, 0.3) is 0 Å². The smallest absolute Gasteiger partial charge is 0.387 e. The Morgan fingerprint density at radius 1 is 1.58 bits per heavy atom. The van der Waals surface area contributed by atoms with Crippen LogP contribution in [0.3, 0.4) is 0 Å². The lowest BCUT2D eigenvalue weighted by Crippen LogP contribution is -2.09. The van der Waals surface area contributed by atoms with Crippen molar-refractivity contribution in [2.24, 2.45) is 5.84 Å². The molecule has 66 valence electrons. The van der Waals surface area contributed by atoms with Crippen molar-refractivity contribution in [3.05, 3.63) is 18.3 Å². The van der Waals surface area contributed by atoms with Crippen LogP contribution in [0.1, 0.15) is 0 Å². The van der Waals surface area contributed by atoms with Crippen LogP contribution in [0.15, 0.2) is 18.3 Å². The van der Waals surface area contributed by atoms with Crippen LogP contribution in [-0.2, 0) is 0 Å². The lowest BCUT2D eigenvalue weighted by Gasteiger charge is -2.04. The van der Waals surface area contributed by atoms with Crippen molar-refractivity contribution in [2.75, 3.05) is 5.43 Å². The van der Waals surface area contributed by atoms with Gasteiger partial charge < -0.3 is 10.2 Å². The van der Waals surface area contributed by atoms with Crippen molar-refractivity contribution in [3.8, 4) is 5.75 Å². The van der Waals surface area contributed by atoms with Gasteiger partial charge in [0, 0.05) is 12.3 Å². The van der Waals surface area contributed by atoms with E-state index in [9.17, 15) is 8.78 Å². The van der Waals surface area contributed by atoms with Gasteiger partial charge in [-0.1, -0.05) is 0 Å². The van der Waals surface area contributed by atoms with E-state index in [2.05, 4.69) is 15.1 Å². The SMILES string of the molecule is NNc1cc(OC(F)F)ccn1. The molecule has 0 fully saturated rings. The molecule has 0 aliphatic heterocycles. The van der Waals surface area contributed by atoms with Crippen molar-refractivity contribution in [3.63, 3.8) is 0 Å². The lowest BCUT2D eigenvalue weighted by atomic mass is 10.4. The zero-order valence-electron chi connectivity index (χ0n) is 6.00. The largest absolute Gasteiger partial charge is 0.435 e. The van der Waals surface area contributed by atoms with Crippen LogP contribution >= 0.6 is 0 Å². The van der Waals surface area contributed by atoms with Gasteiger partial charge >= 0.3 is 6.61 Å². The van der Waals surface area contributed by atoms with E-state index in [0.717, 1.165) is 0 Å². The summed E-state index contributed by atoms with van der Waals surface area (Å²) in [5.41, 5.74) is 2.20. The number of hydrogen-bond acceptors (Lipinski definition) is 4. The summed E-state index contributed by atoms with van der Waals surface area (Å²) in [4.78, 5) is 3.70. The predicted molar refractivity (Wildman–Crippen MR) is 38.7 cm³/mol. The molecule has 0 aliphatic carbocycles. The number of ether oxygens (including phenoxy) is 1. The van der Waals surface area contributed by atoms with Crippen LogP contribution in [0.4, 0.5) is 14.6 Å². The summed E-state index contributed by atoms with van der Waals surface area (Å²) in [6, 6.07) is 2.58. The van der Waals surface area contributed by atoms with Crippen molar-refractivity contribution >= 4 is 5.82 Å². The summed E-state index contributed by atoms with van der Waals surface area (Å²) in [6.45, 7) is -2.84. The fourth-order valence-corrected chi connectivity index (χ4v) is 0.666. The fourth-order valence-electron chi connectivity index (χ4n) is 0.666. The van der Waals surface area contributed by atoms with E-state index in [4.69, 9.17) is 5.84 Å². The van der Waals surface area contributed by atoms with E-state index in [-0.39, 0.29) is 11.6 Å².